The van der Waals surface area contributed by atoms with Gasteiger partial charge in [0.1, 0.15) is 0 Å². The summed E-state index contributed by atoms with van der Waals surface area (Å²) in [5, 5.41) is 2.95. The first-order valence-corrected chi connectivity index (χ1v) is 8.01. The van der Waals surface area contributed by atoms with Gasteiger partial charge in [-0.05, 0) is 48.5 Å². The van der Waals surface area contributed by atoms with Crippen LogP contribution in [0.25, 0.3) is 0 Å². The first-order chi connectivity index (χ1) is 11.5. The second-order valence-corrected chi connectivity index (χ2v) is 6.05. The van der Waals surface area contributed by atoms with Crippen LogP contribution < -0.4 is 16.2 Å². The lowest BCUT2D eigenvalue weighted by Crippen LogP contribution is -2.46. The van der Waals surface area contributed by atoms with E-state index >= 15 is 0 Å². The van der Waals surface area contributed by atoms with Crippen molar-refractivity contribution in [1.29, 1.82) is 0 Å². The fourth-order valence-corrected chi connectivity index (χ4v) is 2.10. The maximum Gasteiger partial charge on any atom is 0.269 e. The van der Waals surface area contributed by atoms with Gasteiger partial charge in [-0.3, -0.25) is 25.2 Å². The SMILES string of the molecule is O=C(CNC(=O)c1ccc(Cl)cc1)NNC(=O)c1ccc(Br)cc1. The standard InChI is InChI=1S/C16H13BrClN3O3/c17-12-5-1-11(2-6-12)16(24)21-20-14(22)9-19-15(23)10-3-7-13(18)8-4-10/h1-8H,9H2,(H,19,23)(H,20,22)(H,21,24). The third kappa shape index (κ3) is 5.36. The van der Waals surface area contributed by atoms with Crippen molar-refractivity contribution in [2.75, 3.05) is 6.54 Å². The molecule has 0 unspecified atom stereocenters. The third-order valence-electron chi connectivity index (χ3n) is 2.94. The number of amides is 3. The number of nitrogens with one attached hydrogen (secondary N) is 3. The predicted molar refractivity (Wildman–Crippen MR) is 93.5 cm³/mol. The molecule has 0 aliphatic carbocycles. The van der Waals surface area contributed by atoms with Crippen LogP contribution in [-0.2, 0) is 4.79 Å². The summed E-state index contributed by atoms with van der Waals surface area (Å²) in [5.41, 5.74) is 5.27. The average molecular weight is 411 g/mol. The Bertz CT molecular complexity index is 685. The van der Waals surface area contributed by atoms with Gasteiger partial charge >= 0.3 is 0 Å². The van der Waals surface area contributed by atoms with Crippen molar-refractivity contribution in [3.8, 4) is 0 Å². The Kier molecular flexibility index (Phi) is 6.34. The number of benzene rings is 2. The normalized spacial score (nSPS) is 9.92. The zero-order chi connectivity index (χ0) is 17.5. The molecule has 0 aromatic heterocycles. The van der Waals surface area contributed by atoms with Gasteiger partial charge in [0.05, 0.1) is 6.54 Å². The summed E-state index contributed by atoms with van der Waals surface area (Å²) in [7, 11) is 0. The van der Waals surface area contributed by atoms with Gasteiger partial charge < -0.3 is 5.32 Å². The van der Waals surface area contributed by atoms with E-state index in [2.05, 4.69) is 32.1 Å². The molecule has 0 saturated heterocycles. The van der Waals surface area contributed by atoms with Crippen molar-refractivity contribution in [2.45, 2.75) is 0 Å². The van der Waals surface area contributed by atoms with Crippen LogP contribution in [0, 0.1) is 0 Å². The largest absolute Gasteiger partial charge is 0.343 e. The van der Waals surface area contributed by atoms with E-state index in [4.69, 9.17) is 11.6 Å². The molecule has 0 aliphatic rings. The van der Waals surface area contributed by atoms with Gasteiger partial charge in [-0.15, -0.1) is 0 Å². The minimum atomic E-state index is -0.553. The summed E-state index contributed by atoms with van der Waals surface area (Å²) in [5.74, 6) is -1.43. The van der Waals surface area contributed by atoms with E-state index in [1.165, 1.54) is 0 Å². The summed E-state index contributed by atoms with van der Waals surface area (Å²) in [4.78, 5) is 35.3. The van der Waals surface area contributed by atoms with Crippen LogP contribution in [0.5, 0.6) is 0 Å². The Morgan fingerprint density at radius 1 is 0.833 bits per heavy atom. The molecule has 0 spiro atoms. The van der Waals surface area contributed by atoms with Crippen molar-refractivity contribution in [3.63, 3.8) is 0 Å². The predicted octanol–water partition coefficient (Wildman–Crippen LogP) is 2.29. The van der Waals surface area contributed by atoms with Gasteiger partial charge in [-0.2, -0.15) is 0 Å². The smallest absolute Gasteiger partial charge is 0.269 e. The highest BCUT2D eigenvalue weighted by Crippen LogP contribution is 2.10. The van der Waals surface area contributed by atoms with Crippen molar-refractivity contribution in [1.82, 2.24) is 16.2 Å². The molecule has 2 rings (SSSR count). The first-order valence-electron chi connectivity index (χ1n) is 6.84. The van der Waals surface area contributed by atoms with E-state index in [-0.39, 0.29) is 6.54 Å². The summed E-state index contributed by atoms with van der Waals surface area (Å²) in [6.07, 6.45) is 0. The first kappa shape index (κ1) is 18.0. The average Bonchev–Trinajstić information content (AvgIpc) is 2.58. The molecule has 0 aliphatic heterocycles. The van der Waals surface area contributed by atoms with Crippen molar-refractivity contribution in [2.24, 2.45) is 0 Å². The Labute approximate surface area is 151 Å². The van der Waals surface area contributed by atoms with Crippen LogP contribution in [0.15, 0.2) is 53.0 Å². The quantitative estimate of drug-likeness (QED) is 0.676. The van der Waals surface area contributed by atoms with E-state index < -0.39 is 17.7 Å². The molecule has 3 N–H and O–H groups in total. The molecular formula is C16H13BrClN3O3. The molecule has 0 heterocycles. The molecule has 0 fully saturated rings. The number of hydrogen-bond acceptors (Lipinski definition) is 3. The number of rotatable bonds is 4. The van der Waals surface area contributed by atoms with E-state index in [0.717, 1.165) is 4.47 Å². The second-order valence-electron chi connectivity index (χ2n) is 4.70. The molecule has 0 radical (unpaired) electrons. The Morgan fingerprint density at radius 2 is 1.38 bits per heavy atom. The molecule has 0 saturated carbocycles. The number of hydrogen-bond donors (Lipinski definition) is 3. The van der Waals surface area contributed by atoms with Crippen molar-refractivity contribution in [3.05, 3.63) is 69.2 Å². The lowest BCUT2D eigenvalue weighted by molar-refractivity contribution is -0.120. The molecule has 2 aromatic rings. The Hall–Kier alpha value is -2.38. The lowest BCUT2D eigenvalue weighted by Gasteiger charge is -2.08. The van der Waals surface area contributed by atoms with Gasteiger partial charge in [-0.25, -0.2) is 0 Å². The van der Waals surface area contributed by atoms with Gasteiger partial charge in [-0.1, -0.05) is 27.5 Å². The van der Waals surface area contributed by atoms with E-state index in [1.54, 1.807) is 48.5 Å². The van der Waals surface area contributed by atoms with Crippen LogP contribution in [0.3, 0.4) is 0 Å². The van der Waals surface area contributed by atoms with Gasteiger partial charge in [0.25, 0.3) is 17.7 Å². The molecule has 0 atom stereocenters. The van der Waals surface area contributed by atoms with Crippen LogP contribution in [-0.4, -0.2) is 24.3 Å². The number of carbonyl (C=O) groups is 3. The molecule has 3 amide bonds. The Morgan fingerprint density at radius 3 is 2.00 bits per heavy atom. The highest BCUT2D eigenvalue weighted by Gasteiger charge is 2.10. The van der Waals surface area contributed by atoms with Crippen molar-refractivity contribution < 1.29 is 14.4 Å². The van der Waals surface area contributed by atoms with E-state index in [0.29, 0.717) is 16.1 Å². The van der Waals surface area contributed by atoms with Gasteiger partial charge in [0, 0.05) is 20.6 Å². The fourth-order valence-electron chi connectivity index (χ4n) is 1.71. The molecule has 2 aromatic carbocycles. The summed E-state index contributed by atoms with van der Waals surface area (Å²) in [6, 6.07) is 12.9. The van der Waals surface area contributed by atoms with Gasteiger partial charge in [0.2, 0.25) is 0 Å². The third-order valence-corrected chi connectivity index (χ3v) is 3.72. The fraction of sp³-hybridized carbons (Fsp3) is 0.0625. The molecular weight excluding hydrogens is 398 g/mol. The maximum atomic E-state index is 11.8. The highest BCUT2D eigenvalue weighted by molar-refractivity contribution is 9.10. The lowest BCUT2D eigenvalue weighted by atomic mass is 10.2. The minimum Gasteiger partial charge on any atom is -0.343 e. The number of halogens is 2. The van der Waals surface area contributed by atoms with Crippen LogP contribution in [0.1, 0.15) is 20.7 Å². The van der Waals surface area contributed by atoms with E-state index in [9.17, 15) is 14.4 Å². The number of hydrazine groups is 1. The summed E-state index contributed by atoms with van der Waals surface area (Å²) < 4.78 is 0.841. The summed E-state index contributed by atoms with van der Waals surface area (Å²) >= 11 is 9.00. The van der Waals surface area contributed by atoms with Crippen LogP contribution in [0.4, 0.5) is 0 Å². The topological polar surface area (TPSA) is 87.3 Å². The molecule has 0 bridgehead atoms. The van der Waals surface area contributed by atoms with Crippen LogP contribution >= 0.6 is 27.5 Å². The maximum absolute atomic E-state index is 11.8. The summed E-state index contributed by atoms with van der Waals surface area (Å²) in [6.45, 7) is -0.276. The van der Waals surface area contributed by atoms with E-state index in [1.807, 2.05) is 0 Å². The second kappa shape index (κ2) is 8.47. The molecule has 124 valence electrons. The van der Waals surface area contributed by atoms with Crippen molar-refractivity contribution >= 4 is 45.3 Å². The van der Waals surface area contributed by atoms with Gasteiger partial charge in [0.15, 0.2) is 0 Å². The highest BCUT2D eigenvalue weighted by atomic mass is 79.9. The minimum absolute atomic E-state index is 0.276. The molecule has 8 heteroatoms. The van der Waals surface area contributed by atoms with Crippen LogP contribution in [0.2, 0.25) is 5.02 Å². The Balaban J connectivity index is 1.77. The zero-order valence-electron chi connectivity index (χ0n) is 12.3. The molecule has 6 nitrogen and oxygen atoms in total. The number of carbonyl (C=O) groups excluding carboxylic acids is 3. The monoisotopic (exact) mass is 409 g/mol. The zero-order valence-corrected chi connectivity index (χ0v) is 14.6. The molecule has 24 heavy (non-hydrogen) atoms.